The van der Waals surface area contributed by atoms with Crippen molar-refractivity contribution in [1.29, 1.82) is 0 Å². The van der Waals surface area contributed by atoms with Gasteiger partial charge in [-0.15, -0.1) is 0 Å². The molecule has 1 N–H and O–H groups in total. The molecule has 1 heterocycles. The first-order chi connectivity index (χ1) is 7.79. The predicted molar refractivity (Wildman–Crippen MR) is 57.7 cm³/mol. The van der Waals surface area contributed by atoms with Crippen LogP contribution in [0.2, 0.25) is 0 Å². The fraction of sp³-hybridized carbons (Fsp3) is 0.900. The van der Waals surface area contributed by atoms with Crippen molar-refractivity contribution in [3.05, 3.63) is 0 Å². The molecule has 0 aromatic rings. The Balaban J connectivity index is 2.29. The summed E-state index contributed by atoms with van der Waals surface area (Å²) in [5, 5.41) is 2.47. The van der Waals surface area contributed by atoms with Crippen molar-refractivity contribution in [3.63, 3.8) is 0 Å². The van der Waals surface area contributed by atoms with Crippen molar-refractivity contribution in [1.82, 2.24) is 15.1 Å². The molecular weight excluding hydrogens is 235 g/mol. The van der Waals surface area contributed by atoms with Crippen LogP contribution in [0.25, 0.3) is 0 Å². The number of nitrogens with zero attached hydrogens (tertiary/aromatic N) is 2. The van der Waals surface area contributed by atoms with Gasteiger partial charge in [0.1, 0.15) is 0 Å². The van der Waals surface area contributed by atoms with Gasteiger partial charge in [-0.2, -0.15) is 13.2 Å². The summed E-state index contributed by atoms with van der Waals surface area (Å²) in [5.74, 6) is 0. The molecule has 17 heavy (non-hydrogen) atoms. The van der Waals surface area contributed by atoms with Gasteiger partial charge in [-0.25, -0.2) is 4.79 Å². The molecule has 7 heteroatoms. The number of carbonyl (C=O) groups excluding carboxylic acids is 1. The van der Waals surface area contributed by atoms with E-state index in [1.165, 1.54) is 4.90 Å². The van der Waals surface area contributed by atoms with E-state index in [2.05, 4.69) is 5.32 Å². The standard InChI is InChI=1S/C10H18F3N3O/c1-15(2)9(17)16-5-3-8(4-6-16)14-7-10(11,12)13/h8,14H,3-7H2,1-2H3. The molecule has 0 saturated carbocycles. The molecule has 0 aromatic heterocycles. The quantitative estimate of drug-likeness (QED) is 0.804. The SMILES string of the molecule is CN(C)C(=O)N1CCC(NCC(F)(F)F)CC1. The summed E-state index contributed by atoms with van der Waals surface area (Å²) in [6.07, 6.45) is -3.04. The number of alkyl halides is 3. The monoisotopic (exact) mass is 253 g/mol. The molecule has 4 nitrogen and oxygen atoms in total. The van der Waals surface area contributed by atoms with Gasteiger partial charge in [-0.1, -0.05) is 0 Å². The van der Waals surface area contributed by atoms with E-state index in [0.717, 1.165) is 0 Å². The molecule has 1 saturated heterocycles. The minimum Gasteiger partial charge on any atom is -0.331 e. The van der Waals surface area contributed by atoms with Crippen molar-refractivity contribution < 1.29 is 18.0 Å². The van der Waals surface area contributed by atoms with Crippen LogP contribution in [0.3, 0.4) is 0 Å². The van der Waals surface area contributed by atoms with Crippen LogP contribution in [0.5, 0.6) is 0 Å². The Bertz CT molecular complexity index is 260. The predicted octanol–water partition coefficient (Wildman–Crippen LogP) is 1.28. The van der Waals surface area contributed by atoms with E-state index in [0.29, 0.717) is 25.9 Å². The number of piperidine rings is 1. The van der Waals surface area contributed by atoms with E-state index in [1.807, 2.05) is 0 Å². The number of carbonyl (C=O) groups is 1. The van der Waals surface area contributed by atoms with Crippen molar-refractivity contribution in [2.24, 2.45) is 0 Å². The van der Waals surface area contributed by atoms with E-state index >= 15 is 0 Å². The minimum absolute atomic E-state index is 0.0840. The Morgan fingerprint density at radius 2 is 1.88 bits per heavy atom. The van der Waals surface area contributed by atoms with Crippen LogP contribution in [0.4, 0.5) is 18.0 Å². The van der Waals surface area contributed by atoms with Crippen molar-refractivity contribution >= 4 is 6.03 Å². The molecule has 2 amide bonds. The maximum absolute atomic E-state index is 12.0. The highest BCUT2D eigenvalue weighted by atomic mass is 19.4. The molecule has 1 aliphatic rings. The van der Waals surface area contributed by atoms with Gasteiger partial charge < -0.3 is 15.1 Å². The summed E-state index contributed by atoms with van der Waals surface area (Å²) in [7, 11) is 3.33. The number of nitrogens with one attached hydrogen (secondary N) is 1. The Hall–Kier alpha value is -0.980. The molecule has 0 atom stereocenters. The number of rotatable bonds is 2. The number of hydrogen-bond acceptors (Lipinski definition) is 2. The van der Waals surface area contributed by atoms with E-state index in [-0.39, 0.29) is 12.1 Å². The molecule has 1 aliphatic heterocycles. The highest BCUT2D eigenvalue weighted by Gasteiger charge is 2.30. The summed E-state index contributed by atoms with van der Waals surface area (Å²) < 4.78 is 36.0. The molecule has 0 aliphatic carbocycles. The molecule has 0 radical (unpaired) electrons. The topological polar surface area (TPSA) is 35.6 Å². The number of halogens is 3. The Kier molecular flexibility index (Phi) is 4.62. The zero-order valence-electron chi connectivity index (χ0n) is 10.0. The van der Waals surface area contributed by atoms with Gasteiger partial charge in [-0.3, -0.25) is 0 Å². The van der Waals surface area contributed by atoms with E-state index in [4.69, 9.17) is 0 Å². The largest absolute Gasteiger partial charge is 0.401 e. The summed E-state index contributed by atoms with van der Waals surface area (Å²) in [6, 6.07) is -0.234. The van der Waals surface area contributed by atoms with Gasteiger partial charge in [-0.05, 0) is 12.8 Å². The van der Waals surface area contributed by atoms with Crippen LogP contribution in [-0.4, -0.2) is 61.8 Å². The number of amides is 2. The van der Waals surface area contributed by atoms with Crippen LogP contribution in [0, 0.1) is 0 Å². The first-order valence-corrected chi connectivity index (χ1v) is 5.56. The van der Waals surface area contributed by atoms with Gasteiger partial charge in [0.25, 0.3) is 0 Å². The summed E-state index contributed by atoms with van der Waals surface area (Å²) in [6.45, 7) is 0.0539. The van der Waals surface area contributed by atoms with Crippen LogP contribution in [-0.2, 0) is 0 Å². The maximum atomic E-state index is 12.0. The third-order valence-electron chi connectivity index (χ3n) is 2.74. The smallest absolute Gasteiger partial charge is 0.331 e. The highest BCUT2D eigenvalue weighted by molar-refractivity contribution is 5.73. The molecular formula is C10H18F3N3O. The van der Waals surface area contributed by atoms with E-state index < -0.39 is 12.7 Å². The normalized spacial score (nSPS) is 18.3. The molecule has 0 spiro atoms. The molecule has 1 fully saturated rings. The van der Waals surface area contributed by atoms with Crippen LogP contribution in [0.1, 0.15) is 12.8 Å². The Morgan fingerprint density at radius 1 is 1.35 bits per heavy atom. The molecule has 0 aromatic carbocycles. The van der Waals surface area contributed by atoms with Crippen molar-refractivity contribution in [2.75, 3.05) is 33.7 Å². The molecule has 1 rings (SSSR count). The van der Waals surface area contributed by atoms with Gasteiger partial charge in [0.15, 0.2) is 0 Å². The number of hydrogen-bond donors (Lipinski definition) is 1. The first-order valence-electron chi connectivity index (χ1n) is 5.56. The summed E-state index contributed by atoms with van der Waals surface area (Å²) in [5.41, 5.74) is 0. The fourth-order valence-electron chi connectivity index (χ4n) is 1.82. The fourth-order valence-corrected chi connectivity index (χ4v) is 1.82. The lowest BCUT2D eigenvalue weighted by atomic mass is 10.1. The molecule has 100 valence electrons. The van der Waals surface area contributed by atoms with Crippen LogP contribution in [0.15, 0.2) is 0 Å². The van der Waals surface area contributed by atoms with E-state index in [9.17, 15) is 18.0 Å². The third-order valence-corrected chi connectivity index (χ3v) is 2.74. The highest BCUT2D eigenvalue weighted by Crippen LogP contribution is 2.16. The number of urea groups is 1. The third kappa shape index (κ3) is 4.80. The van der Waals surface area contributed by atoms with Gasteiger partial charge >= 0.3 is 12.2 Å². The lowest BCUT2D eigenvalue weighted by Gasteiger charge is -2.34. The average Bonchev–Trinajstić information content (AvgIpc) is 2.25. The Labute approximate surface area is 98.7 Å². The van der Waals surface area contributed by atoms with Gasteiger partial charge in [0.2, 0.25) is 0 Å². The lowest BCUT2D eigenvalue weighted by molar-refractivity contribution is -0.126. The molecule has 0 bridgehead atoms. The van der Waals surface area contributed by atoms with Crippen molar-refractivity contribution in [3.8, 4) is 0 Å². The van der Waals surface area contributed by atoms with Gasteiger partial charge in [0, 0.05) is 33.2 Å². The second-order valence-electron chi connectivity index (χ2n) is 4.43. The molecule has 0 unspecified atom stereocenters. The van der Waals surface area contributed by atoms with E-state index in [1.54, 1.807) is 19.0 Å². The number of likely N-dealkylation sites (tertiary alicyclic amines) is 1. The first kappa shape index (κ1) is 14.1. The minimum atomic E-state index is -4.17. The zero-order valence-corrected chi connectivity index (χ0v) is 10.0. The van der Waals surface area contributed by atoms with Crippen LogP contribution >= 0.6 is 0 Å². The maximum Gasteiger partial charge on any atom is 0.401 e. The lowest BCUT2D eigenvalue weighted by Crippen LogP contribution is -2.49. The second-order valence-corrected chi connectivity index (χ2v) is 4.43. The second kappa shape index (κ2) is 5.57. The average molecular weight is 253 g/mol. The zero-order chi connectivity index (χ0) is 13.1. The summed E-state index contributed by atoms with van der Waals surface area (Å²) in [4.78, 5) is 14.7. The summed E-state index contributed by atoms with van der Waals surface area (Å²) >= 11 is 0. The van der Waals surface area contributed by atoms with Crippen LogP contribution < -0.4 is 5.32 Å². The van der Waals surface area contributed by atoms with Gasteiger partial charge in [0.05, 0.1) is 6.54 Å². The van der Waals surface area contributed by atoms with Crippen molar-refractivity contribution in [2.45, 2.75) is 25.1 Å². The Morgan fingerprint density at radius 3 is 2.29 bits per heavy atom.